The van der Waals surface area contributed by atoms with Crippen molar-refractivity contribution in [1.29, 1.82) is 0 Å². The van der Waals surface area contributed by atoms with Gasteiger partial charge < -0.3 is 15.4 Å². The molecule has 0 aromatic rings. The van der Waals surface area contributed by atoms with Gasteiger partial charge >= 0.3 is 0 Å². The predicted molar refractivity (Wildman–Crippen MR) is 85.0 cm³/mol. The Bertz CT molecular complexity index is 363. The Kier molecular flexibility index (Phi) is 4.99. The summed E-state index contributed by atoms with van der Waals surface area (Å²) in [5.41, 5.74) is 5.51. The molecule has 1 saturated carbocycles. The van der Waals surface area contributed by atoms with Gasteiger partial charge in [-0.2, -0.15) is 0 Å². The normalized spacial score (nSPS) is 32.0. The van der Waals surface area contributed by atoms with Crippen molar-refractivity contribution in [3.05, 3.63) is 0 Å². The first kappa shape index (κ1) is 16.8. The number of hydrogen-bond donors (Lipinski definition) is 1. The summed E-state index contributed by atoms with van der Waals surface area (Å²) in [4.78, 5) is 14.5. The summed E-state index contributed by atoms with van der Waals surface area (Å²) in [5, 5.41) is 0. The number of morpholine rings is 1. The van der Waals surface area contributed by atoms with Crippen LogP contribution in [0.5, 0.6) is 0 Å². The van der Waals surface area contributed by atoms with E-state index < -0.39 is 0 Å². The fourth-order valence-corrected chi connectivity index (χ4v) is 4.04. The summed E-state index contributed by atoms with van der Waals surface area (Å²) in [5.74, 6) is 0.915. The van der Waals surface area contributed by atoms with Gasteiger partial charge in [-0.15, -0.1) is 0 Å². The molecule has 1 saturated heterocycles. The summed E-state index contributed by atoms with van der Waals surface area (Å²) in [6.07, 6.45) is 6.34. The van der Waals surface area contributed by atoms with Crippen molar-refractivity contribution in [3.8, 4) is 0 Å². The van der Waals surface area contributed by atoms with E-state index >= 15 is 0 Å². The largest absolute Gasteiger partial charge is 0.366 e. The standard InChI is InChI=1S/C17H32N2O2/c1-16(2)11-19(12-17(3,4)21-16)15(20)9-8-13-6-5-7-14(18)10-13/h13-14H,5-12,18H2,1-4H3. The Morgan fingerprint density at radius 2 is 1.81 bits per heavy atom. The number of nitrogens with two attached hydrogens (primary N) is 1. The molecule has 0 spiro atoms. The molecule has 4 heteroatoms. The lowest BCUT2D eigenvalue weighted by atomic mass is 9.83. The molecule has 2 atom stereocenters. The predicted octanol–water partition coefficient (Wildman–Crippen LogP) is 2.70. The van der Waals surface area contributed by atoms with Crippen molar-refractivity contribution in [2.45, 2.75) is 83.5 Å². The minimum absolute atomic E-state index is 0.259. The van der Waals surface area contributed by atoms with Crippen LogP contribution in [-0.4, -0.2) is 41.1 Å². The fraction of sp³-hybridized carbons (Fsp3) is 0.941. The molecule has 2 N–H and O–H groups in total. The summed E-state index contributed by atoms with van der Waals surface area (Å²) in [7, 11) is 0. The van der Waals surface area contributed by atoms with Gasteiger partial charge in [0.05, 0.1) is 11.2 Å². The average molecular weight is 296 g/mol. The maximum absolute atomic E-state index is 12.5. The van der Waals surface area contributed by atoms with Crippen molar-refractivity contribution in [2.24, 2.45) is 11.7 Å². The van der Waals surface area contributed by atoms with E-state index in [1.54, 1.807) is 0 Å². The third kappa shape index (κ3) is 4.96. The number of amides is 1. The van der Waals surface area contributed by atoms with Gasteiger partial charge in [0.25, 0.3) is 0 Å². The summed E-state index contributed by atoms with van der Waals surface area (Å²) >= 11 is 0. The van der Waals surface area contributed by atoms with Crippen LogP contribution in [0.4, 0.5) is 0 Å². The average Bonchev–Trinajstić information content (AvgIpc) is 2.32. The Morgan fingerprint density at radius 1 is 1.19 bits per heavy atom. The van der Waals surface area contributed by atoms with E-state index in [1.807, 2.05) is 4.90 Å². The molecule has 21 heavy (non-hydrogen) atoms. The molecule has 0 radical (unpaired) electrons. The van der Waals surface area contributed by atoms with Gasteiger partial charge in [0.1, 0.15) is 0 Å². The molecule has 1 aliphatic heterocycles. The Balaban J connectivity index is 1.85. The zero-order valence-corrected chi connectivity index (χ0v) is 14.2. The molecule has 0 bridgehead atoms. The third-order valence-electron chi connectivity index (χ3n) is 4.64. The van der Waals surface area contributed by atoms with Gasteiger partial charge in [0.2, 0.25) is 5.91 Å². The number of ether oxygens (including phenoxy) is 1. The van der Waals surface area contributed by atoms with Crippen LogP contribution in [0.2, 0.25) is 0 Å². The van der Waals surface area contributed by atoms with E-state index in [0.29, 0.717) is 31.5 Å². The molecule has 0 aromatic heterocycles. The van der Waals surface area contributed by atoms with E-state index in [1.165, 1.54) is 12.8 Å². The highest BCUT2D eigenvalue weighted by Crippen LogP contribution is 2.30. The molecule has 4 nitrogen and oxygen atoms in total. The van der Waals surface area contributed by atoms with E-state index in [2.05, 4.69) is 27.7 Å². The zero-order valence-electron chi connectivity index (χ0n) is 14.2. The SMILES string of the molecule is CC1(C)CN(C(=O)CCC2CCCC(N)C2)CC(C)(C)O1. The molecule has 2 rings (SSSR count). The van der Waals surface area contributed by atoms with Crippen molar-refractivity contribution in [1.82, 2.24) is 4.90 Å². The molecule has 2 aliphatic rings. The number of carbonyl (C=O) groups is 1. The Hall–Kier alpha value is -0.610. The zero-order chi connectivity index (χ0) is 15.7. The highest BCUT2D eigenvalue weighted by Gasteiger charge is 2.39. The molecule has 0 aromatic carbocycles. The van der Waals surface area contributed by atoms with E-state index in [0.717, 1.165) is 19.3 Å². The van der Waals surface area contributed by atoms with Crippen molar-refractivity contribution in [3.63, 3.8) is 0 Å². The van der Waals surface area contributed by atoms with E-state index in [9.17, 15) is 4.79 Å². The quantitative estimate of drug-likeness (QED) is 0.871. The topological polar surface area (TPSA) is 55.6 Å². The maximum atomic E-state index is 12.5. The molecule has 2 fully saturated rings. The van der Waals surface area contributed by atoms with Gasteiger partial charge in [-0.25, -0.2) is 0 Å². The van der Waals surface area contributed by atoms with Gasteiger partial charge in [0.15, 0.2) is 0 Å². The lowest BCUT2D eigenvalue weighted by molar-refractivity contribution is -0.188. The first-order chi connectivity index (χ1) is 9.67. The Morgan fingerprint density at radius 3 is 2.38 bits per heavy atom. The third-order valence-corrected chi connectivity index (χ3v) is 4.64. The first-order valence-electron chi connectivity index (χ1n) is 8.40. The smallest absolute Gasteiger partial charge is 0.222 e. The molecule has 1 amide bonds. The molecule has 1 heterocycles. The van der Waals surface area contributed by atoms with Crippen molar-refractivity contribution >= 4 is 5.91 Å². The van der Waals surface area contributed by atoms with Crippen LogP contribution in [-0.2, 0) is 9.53 Å². The van der Waals surface area contributed by atoms with Gasteiger partial charge in [-0.3, -0.25) is 4.79 Å². The Labute approximate surface area is 129 Å². The van der Waals surface area contributed by atoms with E-state index in [4.69, 9.17) is 10.5 Å². The number of hydrogen-bond acceptors (Lipinski definition) is 3. The molecule has 122 valence electrons. The van der Waals surface area contributed by atoms with Crippen LogP contribution in [0.1, 0.15) is 66.2 Å². The van der Waals surface area contributed by atoms with Crippen LogP contribution >= 0.6 is 0 Å². The van der Waals surface area contributed by atoms with Crippen molar-refractivity contribution < 1.29 is 9.53 Å². The highest BCUT2D eigenvalue weighted by molar-refractivity contribution is 5.76. The van der Waals surface area contributed by atoms with Crippen molar-refractivity contribution in [2.75, 3.05) is 13.1 Å². The molecule has 1 aliphatic carbocycles. The van der Waals surface area contributed by atoms with Crippen LogP contribution in [0.15, 0.2) is 0 Å². The molecule has 2 unspecified atom stereocenters. The maximum Gasteiger partial charge on any atom is 0.222 e. The minimum atomic E-state index is -0.259. The summed E-state index contributed by atoms with van der Waals surface area (Å²) < 4.78 is 6.04. The second-order valence-electron chi connectivity index (χ2n) is 8.20. The highest BCUT2D eigenvalue weighted by atomic mass is 16.5. The van der Waals surface area contributed by atoms with Gasteiger partial charge in [0, 0.05) is 25.6 Å². The second kappa shape index (κ2) is 6.25. The number of carbonyl (C=O) groups excluding carboxylic acids is 1. The van der Waals surface area contributed by atoms with Crippen LogP contribution < -0.4 is 5.73 Å². The summed E-state index contributed by atoms with van der Waals surface area (Å²) in [6, 6.07) is 0.347. The van der Waals surface area contributed by atoms with Gasteiger partial charge in [-0.05, 0) is 52.9 Å². The lowest BCUT2D eigenvalue weighted by Gasteiger charge is -2.47. The fourth-order valence-electron chi connectivity index (χ4n) is 4.04. The molecular formula is C17H32N2O2. The minimum Gasteiger partial charge on any atom is -0.366 e. The second-order valence-corrected chi connectivity index (χ2v) is 8.20. The lowest BCUT2D eigenvalue weighted by Crippen LogP contribution is -2.58. The van der Waals surface area contributed by atoms with Crippen LogP contribution in [0, 0.1) is 5.92 Å². The molecular weight excluding hydrogens is 264 g/mol. The van der Waals surface area contributed by atoms with E-state index in [-0.39, 0.29) is 17.1 Å². The summed E-state index contributed by atoms with van der Waals surface area (Å²) in [6.45, 7) is 9.64. The monoisotopic (exact) mass is 296 g/mol. The first-order valence-corrected chi connectivity index (χ1v) is 8.40. The number of rotatable bonds is 3. The van der Waals surface area contributed by atoms with Crippen LogP contribution in [0.25, 0.3) is 0 Å². The van der Waals surface area contributed by atoms with Crippen LogP contribution in [0.3, 0.4) is 0 Å². The number of nitrogens with zero attached hydrogens (tertiary/aromatic N) is 1. The van der Waals surface area contributed by atoms with Gasteiger partial charge in [-0.1, -0.05) is 12.8 Å².